The topological polar surface area (TPSA) is 40.5 Å². The van der Waals surface area contributed by atoms with Crippen LogP contribution in [0.15, 0.2) is 0 Å². The van der Waals surface area contributed by atoms with E-state index in [1.54, 1.807) is 0 Å². The predicted octanol–water partition coefficient (Wildman–Crippen LogP) is 1.46. The number of fused-ring (bicyclic) bond motifs is 1. The summed E-state index contributed by atoms with van der Waals surface area (Å²) in [7, 11) is 0. The van der Waals surface area contributed by atoms with Crippen LogP contribution in [0.1, 0.15) is 34.1 Å². The number of amides is 1. The number of β-lactam (4-membered cyclic amide) rings is 1. The predicted molar refractivity (Wildman–Crippen MR) is 61.6 cm³/mol. The number of hydrogen-bond donors (Lipinski definition) is 1. The lowest BCUT2D eigenvalue weighted by atomic mass is 9.87. The summed E-state index contributed by atoms with van der Waals surface area (Å²) in [5, 5.41) is 10.00. The molecular formula is C11H19NO2S. The van der Waals surface area contributed by atoms with E-state index in [0.29, 0.717) is 6.42 Å². The third-order valence-electron chi connectivity index (χ3n) is 3.80. The molecule has 0 aromatic heterocycles. The average Bonchev–Trinajstić information content (AvgIpc) is 2.35. The Labute approximate surface area is 95.2 Å². The highest BCUT2D eigenvalue weighted by molar-refractivity contribution is 8.01. The highest BCUT2D eigenvalue weighted by Crippen LogP contribution is 2.53. The second kappa shape index (κ2) is 3.39. The van der Waals surface area contributed by atoms with Crippen molar-refractivity contribution in [2.45, 2.75) is 56.4 Å². The number of carbonyl (C=O) groups excluding carboxylic acids is 1. The molecule has 86 valence electrons. The zero-order valence-corrected chi connectivity index (χ0v) is 10.5. The Kier molecular flexibility index (Phi) is 2.54. The molecule has 0 aromatic carbocycles. The number of thioether (sulfide) groups is 1. The summed E-state index contributed by atoms with van der Waals surface area (Å²) in [6.45, 7) is 8.36. The maximum Gasteiger partial charge on any atom is 0.232 e. The molecule has 1 amide bonds. The highest BCUT2D eigenvalue weighted by atomic mass is 32.2. The Balaban J connectivity index is 2.16. The van der Waals surface area contributed by atoms with Crippen LogP contribution >= 0.6 is 11.8 Å². The molecular weight excluding hydrogens is 210 g/mol. The Morgan fingerprint density at radius 3 is 2.73 bits per heavy atom. The van der Waals surface area contributed by atoms with Crippen LogP contribution < -0.4 is 0 Å². The second-order valence-electron chi connectivity index (χ2n) is 5.03. The van der Waals surface area contributed by atoms with E-state index in [1.807, 2.05) is 23.6 Å². The molecule has 2 unspecified atom stereocenters. The summed E-state index contributed by atoms with van der Waals surface area (Å²) in [6, 6.07) is 0.278. The third kappa shape index (κ3) is 1.41. The van der Waals surface area contributed by atoms with Crippen LogP contribution in [0.5, 0.6) is 0 Å². The van der Waals surface area contributed by atoms with Crippen LogP contribution in [-0.2, 0) is 4.79 Å². The van der Waals surface area contributed by atoms with Crippen molar-refractivity contribution in [2.75, 3.05) is 0 Å². The molecule has 0 spiro atoms. The van der Waals surface area contributed by atoms with Crippen LogP contribution in [0.4, 0.5) is 0 Å². The van der Waals surface area contributed by atoms with Crippen LogP contribution in [0.2, 0.25) is 0 Å². The van der Waals surface area contributed by atoms with Gasteiger partial charge in [-0.2, -0.15) is 0 Å². The number of nitrogens with zero attached hydrogens (tertiary/aromatic N) is 1. The molecule has 2 aliphatic rings. The molecule has 0 bridgehead atoms. The van der Waals surface area contributed by atoms with Gasteiger partial charge in [0.2, 0.25) is 5.91 Å². The van der Waals surface area contributed by atoms with E-state index < -0.39 is 6.10 Å². The van der Waals surface area contributed by atoms with Crippen molar-refractivity contribution in [3.63, 3.8) is 0 Å². The zero-order chi connectivity index (χ0) is 11.4. The van der Waals surface area contributed by atoms with Gasteiger partial charge in [-0.25, -0.2) is 0 Å². The molecule has 4 atom stereocenters. The van der Waals surface area contributed by atoms with E-state index in [9.17, 15) is 9.90 Å². The fraction of sp³-hybridized carbons (Fsp3) is 0.909. The molecule has 2 saturated heterocycles. The van der Waals surface area contributed by atoms with E-state index in [-0.39, 0.29) is 28.0 Å². The molecule has 0 radical (unpaired) electrons. The summed E-state index contributed by atoms with van der Waals surface area (Å²) in [5.41, 5.74) is 0. The lowest BCUT2D eigenvalue weighted by Crippen LogP contribution is -2.63. The normalized spacial score (nSPS) is 39.9. The number of aliphatic hydroxyl groups is 1. The monoisotopic (exact) mass is 229 g/mol. The number of carbonyl (C=O) groups is 1. The van der Waals surface area contributed by atoms with E-state index in [4.69, 9.17) is 0 Å². The lowest BCUT2D eigenvalue weighted by molar-refractivity contribution is -0.160. The van der Waals surface area contributed by atoms with Gasteiger partial charge in [0.1, 0.15) is 0 Å². The van der Waals surface area contributed by atoms with Gasteiger partial charge >= 0.3 is 0 Å². The smallest absolute Gasteiger partial charge is 0.232 e. The summed E-state index contributed by atoms with van der Waals surface area (Å²) in [5.74, 6) is -0.0239. The molecule has 3 nitrogen and oxygen atoms in total. The fourth-order valence-corrected chi connectivity index (χ4v) is 4.18. The van der Waals surface area contributed by atoms with Crippen molar-refractivity contribution < 1.29 is 9.90 Å². The van der Waals surface area contributed by atoms with E-state index >= 15 is 0 Å². The molecule has 1 N–H and O–H groups in total. The minimum atomic E-state index is -0.465. The Hall–Kier alpha value is -0.220. The number of aliphatic hydroxyl groups excluding tert-OH is 1. The van der Waals surface area contributed by atoms with Gasteiger partial charge in [-0.15, -0.1) is 11.8 Å². The molecule has 0 aromatic rings. The maximum absolute atomic E-state index is 11.9. The van der Waals surface area contributed by atoms with Crippen molar-refractivity contribution in [2.24, 2.45) is 5.92 Å². The lowest BCUT2D eigenvalue weighted by Gasteiger charge is -2.45. The molecule has 0 saturated carbocycles. The van der Waals surface area contributed by atoms with Gasteiger partial charge in [0.25, 0.3) is 0 Å². The molecule has 2 rings (SSSR count). The number of rotatable bonds is 2. The standard InChI is InChI=1S/C11H19NO2S/c1-5-7(13)8-9(14)12-6(2)11(3,4)15-10(8)12/h6-8,10,13H,5H2,1-4H3/t6?,7?,8-,10-/m1/s1. The first-order valence-corrected chi connectivity index (χ1v) is 6.46. The zero-order valence-electron chi connectivity index (χ0n) is 9.73. The molecule has 0 aliphatic carbocycles. The largest absolute Gasteiger partial charge is 0.392 e. The minimum absolute atomic E-state index is 0.114. The number of hydrogen-bond acceptors (Lipinski definition) is 3. The van der Waals surface area contributed by atoms with E-state index in [1.165, 1.54) is 0 Å². The summed E-state index contributed by atoms with van der Waals surface area (Å²) >= 11 is 1.83. The van der Waals surface area contributed by atoms with E-state index in [0.717, 1.165) is 0 Å². The van der Waals surface area contributed by atoms with Crippen molar-refractivity contribution >= 4 is 17.7 Å². The molecule has 15 heavy (non-hydrogen) atoms. The molecule has 2 fully saturated rings. The van der Waals surface area contributed by atoms with Gasteiger partial charge in [0.15, 0.2) is 0 Å². The van der Waals surface area contributed by atoms with Crippen LogP contribution in [0, 0.1) is 5.92 Å². The fourth-order valence-electron chi connectivity index (χ4n) is 2.40. The minimum Gasteiger partial charge on any atom is -0.392 e. The SMILES string of the molecule is CCC(O)[C@@H]1C(=O)N2C(C)C(C)(C)S[C@H]12. The van der Waals surface area contributed by atoms with Crippen LogP contribution in [0.3, 0.4) is 0 Å². The van der Waals surface area contributed by atoms with Crippen molar-refractivity contribution in [3.8, 4) is 0 Å². The Morgan fingerprint density at radius 2 is 2.20 bits per heavy atom. The third-order valence-corrected chi connectivity index (χ3v) is 5.51. The Morgan fingerprint density at radius 1 is 1.60 bits per heavy atom. The van der Waals surface area contributed by atoms with Gasteiger partial charge in [-0.1, -0.05) is 6.92 Å². The van der Waals surface area contributed by atoms with Gasteiger partial charge in [0, 0.05) is 10.8 Å². The summed E-state index contributed by atoms with van der Waals surface area (Å²) in [4.78, 5) is 13.8. The maximum atomic E-state index is 11.9. The van der Waals surface area contributed by atoms with Gasteiger partial charge in [-0.3, -0.25) is 4.79 Å². The molecule has 2 aliphatic heterocycles. The van der Waals surface area contributed by atoms with Crippen molar-refractivity contribution in [1.29, 1.82) is 0 Å². The average molecular weight is 229 g/mol. The summed E-state index contributed by atoms with van der Waals surface area (Å²) in [6.07, 6.45) is 0.197. The molecule has 4 heteroatoms. The Bertz CT molecular complexity index is 292. The highest BCUT2D eigenvalue weighted by Gasteiger charge is 2.61. The van der Waals surface area contributed by atoms with Crippen LogP contribution in [-0.4, -0.2) is 38.2 Å². The van der Waals surface area contributed by atoms with Gasteiger partial charge < -0.3 is 10.0 Å². The summed E-state index contributed by atoms with van der Waals surface area (Å²) < 4.78 is 0.114. The second-order valence-corrected chi connectivity index (χ2v) is 6.81. The first-order chi connectivity index (χ1) is 6.90. The van der Waals surface area contributed by atoms with Gasteiger partial charge in [0.05, 0.1) is 17.4 Å². The van der Waals surface area contributed by atoms with E-state index in [2.05, 4.69) is 20.8 Å². The first kappa shape index (κ1) is 11.3. The van der Waals surface area contributed by atoms with Crippen LogP contribution in [0.25, 0.3) is 0 Å². The van der Waals surface area contributed by atoms with Crippen molar-refractivity contribution in [1.82, 2.24) is 4.90 Å². The van der Waals surface area contributed by atoms with Crippen molar-refractivity contribution in [3.05, 3.63) is 0 Å². The molecule has 2 heterocycles. The first-order valence-electron chi connectivity index (χ1n) is 5.58. The van der Waals surface area contributed by atoms with Gasteiger partial charge in [-0.05, 0) is 27.2 Å². The quantitative estimate of drug-likeness (QED) is 0.729.